The maximum atomic E-state index is 12.5. The first-order chi connectivity index (χ1) is 13.2. The van der Waals surface area contributed by atoms with Gasteiger partial charge < -0.3 is 14.2 Å². The number of fused-ring (bicyclic) bond motifs is 3. The van der Waals surface area contributed by atoms with E-state index >= 15 is 0 Å². The van der Waals surface area contributed by atoms with Crippen LogP contribution in [0.15, 0.2) is 26.0 Å². The van der Waals surface area contributed by atoms with Gasteiger partial charge in [-0.25, -0.2) is 13.2 Å². The summed E-state index contributed by atoms with van der Waals surface area (Å²) in [5.74, 6) is -0.379. The fourth-order valence-corrected chi connectivity index (χ4v) is 5.70. The smallest absolute Gasteiger partial charge is 0.340 e. The quantitative estimate of drug-likeness (QED) is 0.673. The summed E-state index contributed by atoms with van der Waals surface area (Å²) in [6, 6.07) is 1.40. The fraction of sp³-hybridized carbons (Fsp3) is 0.400. The van der Waals surface area contributed by atoms with Gasteiger partial charge in [-0.05, 0) is 49.9 Å². The van der Waals surface area contributed by atoms with E-state index in [0.29, 0.717) is 28.5 Å². The van der Waals surface area contributed by atoms with E-state index in [1.54, 1.807) is 13.2 Å². The number of benzene rings is 1. The topological polar surface area (TPSA) is 107 Å². The van der Waals surface area contributed by atoms with Crippen molar-refractivity contribution in [1.82, 2.24) is 5.32 Å². The van der Waals surface area contributed by atoms with Gasteiger partial charge in [-0.15, -0.1) is 0 Å². The molecule has 0 saturated carbocycles. The number of amides is 1. The molecule has 3 heterocycles. The van der Waals surface area contributed by atoms with Gasteiger partial charge >= 0.3 is 5.63 Å². The monoisotopic (exact) mass is 403 g/mol. The predicted molar refractivity (Wildman–Crippen MR) is 105 cm³/mol. The molecular formula is C20H21NO6S. The summed E-state index contributed by atoms with van der Waals surface area (Å²) in [6.45, 7) is 5.65. The second kappa shape index (κ2) is 6.48. The molecule has 0 bridgehead atoms. The van der Waals surface area contributed by atoms with E-state index in [0.717, 1.165) is 16.5 Å². The number of hydrogen-bond acceptors (Lipinski definition) is 6. The molecule has 28 heavy (non-hydrogen) atoms. The highest BCUT2D eigenvalue weighted by Gasteiger charge is 2.29. The Hall–Kier alpha value is -2.61. The molecule has 3 aromatic rings. The van der Waals surface area contributed by atoms with E-state index in [9.17, 15) is 18.0 Å². The van der Waals surface area contributed by atoms with Crippen molar-refractivity contribution in [3.8, 4) is 0 Å². The molecule has 1 fully saturated rings. The van der Waals surface area contributed by atoms with Crippen LogP contribution in [-0.4, -0.2) is 31.9 Å². The molecule has 0 aliphatic carbocycles. The minimum Gasteiger partial charge on any atom is -0.463 e. The number of rotatable bonds is 3. The van der Waals surface area contributed by atoms with Gasteiger partial charge in [0.25, 0.3) is 0 Å². The Morgan fingerprint density at radius 2 is 1.96 bits per heavy atom. The second-order valence-electron chi connectivity index (χ2n) is 7.53. The van der Waals surface area contributed by atoms with Crippen molar-refractivity contribution in [1.29, 1.82) is 0 Å². The van der Waals surface area contributed by atoms with Crippen LogP contribution in [-0.2, 0) is 21.1 Å². The minimum absolute atomic E-state index is 0.0599. The molecule has 1 aliphatic rings. The molecule has 8 heteroatoms. The van der Waals surface area contributed by atoms with E-state index in [4.69, 9.17) is 8.83 Å². The highest BCUT2D eigenvalue weighted by Crippen LogP contribution is 2.34. The molecule has 0 radical (unpaired) electrons. The number of sulfone groups is 1. The lowest BCUT2D eigenvalue weighted by Crippen LogP contribution is -2.37. The first-order valence-electron chi connectivity index (χ1n) is 9.10. The number of furan rings is 1. The molecule has 1 amide bonds. The first-order valence-corrected chi connectivity index (χ1v) is 10.9. The third-order valence-corrected chi connectivity index (χ3v) is 7.17. The summed E-state index contributed by atoms with van der Waals surface area (Å²) in [5.41, 5.74) is 3.32. The van der Waals surface area contributed by atoms with E-state index < -0.39 is 27.4 Å². The van der Waals surface area contributed by atoms with Crippen molar-refractivity contribution in [3.05, 3.63) is 45.0 Å². The number of carbonyl (C=O) groups is 1. The predicted octanol–water partition coefficient (Wildman–Crippen LogP) is 2.31. The van der Waals surface area contributed by atoms with Crippen LogP contribution in [0.2, 0.25) is 0 Å². The third kappa shape index (κ3) is 3.11. The molecule has 0 spiro atoms. The molecule has 7 nitrogen and oxygen atoms in total. The van der Waals surface area contributed by atoms with Gasteiger partial charge in [0.15, 0.2) is 9.84 Å². The Labute approximate surface area is 161 Å². The van der Waals surface area contributed by atoms with Crippen LogP contribution in [0.5, 0.6) is 0 Å². The van der Waals surface area contributed by atoms with E-state index in [1.165, 1.54) is 0 Å². The maximum absolute atomic E-state index is 12.5. The lowest BCUT2D eigenvalue weighted by Gasteiger charge is -2.12. The Morgan fingerprint density at radius 3 is 2.64 bits per heavy atom. The normalized spacial score (nSPS) is 18.8. The molecule has 1 saturated heterocycles. The number of carbonyl (C=O) groups excluding carboxylic acids is 1. The van der Waals surface area contributed by atoms with E-state index in [-0.39, 0.29) is 23.5 Å². The largest absolute Gasteiger partial charge is 0.463 e. The Balaban J connectivity index is 1.73. The Kier molecular flexibility index (Phi) is 4.33. The first kappa shape index (κ1) is 18.7. The van der Waals surface area contributed by atoms with Crippen molar-refractivity contribution in [3.63, 3.8) is 0 Å². The zero-order valence-electron chi connectivity index (χ0n) is 15.9. The van der Waals surface area contributed by atoms with Crippen LogP contribution >= 0.6 is 0 Å². The molecule has 1 aromatic carbocycles. The summed E-state index contributed by atoms with van der Waals surface area (Å²) in [5, 5.41) is 4.36. The van der Waals surface area contributed by atoms with Gasteiger partial charge in [-0.3, -0.25) is 4.79 Å². The highest BCUT2D eigenvalue weighted by atomic mass is 32.2. The van der Waals surface area contributed by atoms with Gasteiger partial charge in [0.05, 0.1) is 35.1 Å². The van der Waals surface area contributed by atoms with Crippen LogP contribution in [0.3, 0.4) is 0 Å². The SMILES string of the molecule is Cc1coc2c1c(C)cc1oc(=O)c(CC(=O)N[C@H]3CCS(=O)(=O)C3)c(C)c12. The zero-order chi connectivity index (χ0) is 20.2. The van der Waals surface area contributed by atoms with Crippen LogP contribution < -0.4 is 10.9 Å². The van der Waals surface area contributed by atoms with Gasteiger partial charge in [0.2, 0.25) is 5.91 Å². The van der Waals surface area contributed by atoms with Gasteiger partial charge in [-0.1, -0.05) is 0 Å². The zero-order valence-corrected chi connectivity index (χ0v) is 16.7. The molecular weight excluding hydrogens is 382 g/mol. The van der Waals surface area contributed by atoms with Crippen LogP contribution in [0.4, 0.5) is 0 Å². The number of aryl methyl sites for hydroxylation is 3. The van der Waals surface area contributed by atoms with Crippen molar-refractivity contribution in [2.24, 2.45) is 0 Å². The highest BCUT2D eigenvalue weighted by molar-refractivity contribution is 7.91. The van der Waals surface area contributed by atoms with E-state index in [2.05, 4.69) is 5.32 Å². The Morgan fingerprint density at radius 1 is 1.21 bits per heavy atom. The van der Waals surface area contributed by atoms with Crippen LogP contribution in [0.1, 0.15) is 28.7 Å². The van der Waals surface area contributed by atoms with Gasteiger partial charge in [-0.2, -0.15) is 0 Å². The average Bonchev–Trinajstić information content (AvgIpc) is 3.14. The Bertz CT molecular complexity index is 1280. The van der Waals surface area contributed by atoms with E-state index in [1.807, 2.05) is 19.9 Å². The third-order valence-electron chi connectivity index (χ3n) is 5.40. The molecule has 1 aliphatic heterocycles. The fourth-order valence-electron chi connectivity index (χ4n) is 4.03. The van der Waals surface area contributed by atoms with Crippen molar-refractivity contribution >= 4 is 37.7 Å². The summed E-state index contributed by atoms with van der Waals surface area (Å²) in [4.78, 5) is 24.9. The standard InChI is InChI=1S/C20H21NO6S/c1-10-6-15-18(19-17(10)11(2)8-26-19)12(3)14(20(23)27-15)7-16(22)21-13-4-5-28(24,25)9-13/h6,8,13H,4-5,7,9H2,1-3H3,(H,21,22)/t13-/m0/s1. The van der Waals surface area contributed by atoms with Gasteiger partial charge in [0.1, 0.15) is 11.2 Å². The molecule has 4 rings (SSSR count). The maximum Gasteiger partial charge on any atom is 0.340 e. The summed E-state index contributed by atoms with van der Waals surface area (Å²) < 4.78 is 34.3. The average molecular weight is 403 g/mol. The lowest BCUT2D eigenvalue weighted by atomic mass is 9.98. The molecule has 1 atom stereocenters. The van der Waals surface area contributed by atoms with Crippen LogP contribution in [0, 0.1) is 20.8 Å². The number of hydrogen-bond donors (Lipinski definition) is 1. The minimum atomic E-state index is -3.09. The summed E-state index contributed by atoms with van der Waals surface area (Å²) in [7, 11) is -3.09. The van der Waals surface area contributed by atoms with Gasteiger partial charge in [0, 0.05) is 11.4 Å². The molecule has 2 aromatic heterocycles. The number of nitrogens with one attached hydrogen (secondary N) is 1. The van der Waals surface area contributed by atoms with Crippen LogP contribution in [0.25, 0.3) is 21.9 Å². The second-order valence-corrected chi connectivity index (χ2v) is 9.76. The lowest BCUT2D eigenvalue weighted by molar-refractivity contribution is -0.121. The molecule has 0 unspecified atom stereocenters. The van der Waals surface area contributed by atoms with Crippen molar-refractivity contribution < 1.29 is 22.0 Å². The molecule has 1 N–H and O–H groups in total. The summed E-state index contributed by atoms with van der Waals surface area (Å²) in [6.07, 6.45) is 1.88. The molecule has 148 valence electrons. The van der Waals surface area contributed by atoms with Crippen molar-refractivity contribution in [2.45, 2.75) is 39.7 Å². The van der Waals surface area contributed by atoms with Crippen molar-refractivity contribution in [2.75, 3.05) is 11.5 Å². The summed E-state index contributed by atoms with van der Waals surface area (Å²) >= 11 is 0.